The van der Waals surface area contributed by atoms with Gasteiger partial charge < -0.3 is 14.3 Å². The Bertz CT molecular complexity index is 1040. The molecule has 0 unspecified atom stereocenters. The smallest absolute Gasteiger partial charge is 0.343 e. The number of Topliss-reactive ketones (excluding diaryl/α,β-unsaturated/α-hetero) is 1. The average Bonchev–Trinajstić information content (AvgIpc) is 2.61. The maximum Gasteiger partial charge on any atom is 0.343 e. The van der Waals surface area contributed by atoms with Crippen molar-refractivity contribution < 1.29 is 19.1 Å². The van der Waals surface area contributed by atoms with Crippen LogP contribution in [0.3, 0.4) is 0 Å². The molecule has 3 rings (SSSR count). The molecule has 0 fully saturated rings. The summed E-state index contributed by atoms with van der Waals surface area (Å²) in [5.74, 6) is -0.561. The predicted molar refractivity (Wildman–Crippen MR) is 99.3 cm³/mol. The van der Waals surface area contributed by atoms with E-state index < -0.39 is 11.5 Å². The van der Waals surface area contributed by atoms with Crippen LogP contribution in [-0.4, -0.2) is 18.0 Å². The molecular formula is C20H17ClO5. The minimum Gasteiger partial charge on any atom is -0.507 e. The molecule has 0 aliphatic carbocycles. The second-order valence-electron chi connectivity index (χ2n) is 5.99. The molecule has 5 nitrogen and oxygen atoms in total. The van der Waals surface area contributed by atoms with Crippen LogP contribution in [0.15, 0.2) is 51.7 Å². The van der Waals surface area contributed by atoms with E-state index in [0.717, 1.165) is 0 Å². The minimum absolute atomic E-state index is 0.0134. The van der Waals surface area contributed by atoms with Crippen molar-refractivity contribution in [3.63, 3.8) is 0 Å². The lowest BCUT2D eigenvalue weighted by atomic mass is 9.86. The van der Waals surface area contributed by atoms with Crippen LogP contribution >= 0.6 is 11.6 Å². The maximum absolute atomic E-state index is 12.6. The lowest BCUT2D eigenvalue weighted by Gasteiger charge is -2.19. The molecule has 2 aromatic carbocycles. The van der Waals surface area contributed by atoms with Crippen LogP contribution in [0.2, 0.25) is 5.02 Å². The van der Waals surface area contributed by atoms with E-state index in [9.17, 15) is 14.7 Å². The second-order valence-corrected chi connectivity index (χ2v) is 6.43. The van der Waals surface area contributed by atoms with E-state index in [4.69, 9.17) is 20.8 Å². The number of carbonyl (C=O) groups is 1. The van der Waals surface area contributed by atoms with Gasteiger partial charge in [-0.15, -0.1) is 0 Å². The zero-order valence-corrected chi connectivity index (χ0v) is 15.0. The molecule has 0 bridgehead atoms. The van der Waals surface area contributed by atoms with E-state index in [1.165, 1.54) is 26.2 Å². The fraction of sp³-hybridized carbons (Fsp3) is 0.200. The van der Waals surface area contributed by atoms with Crippen LogP contribution < -0.4 is 10.4 Å². The van der Waals surface area contributed by atoms with Crippen LogP contribution in [-0.2, 0) is 4.79 Å². The van der Waals surface area contributed by atoms with Crippen molar-refractivity contribution in [3.05, 3.63) is 69.0 Å². The number of para-hydroxylation sites is 1. The first kappa shape index (κ1) is 18.0. The van der Waals surface area contributed by atoms with Gasteiger partial charge in [-0.05, 0) is 31.2 Å². The van der Waals surface area contributed by atoms with Crippen LogP contribution in [0, 0.1) is 0 Å². The first-order chi connectivity index (χ1) is 12.4. The molecule has 26 heavy (non-hydrogen) atoms. The van der Waals surface area contributed by atoms with Gasteiger partial charge in [-0.1, -0.05) is 29.8 Å². The van der Waals surface area contributed by atoms with Gasteiger partial charge in [-0.25, -0.2) is 4.79 Å². The Balaban J connectivity index is 2.31. The highest BCUT2D eigenvalue weighted by atomic mass is 35.5. The SMILES string of the molecule is COc1ccccc1[C@H](CC(C)=O)c1c(O)c2cc(Cl)ccc2oc1=O. The van der Waals surface area contributed by atoms with Gasteiger partial charge in [-0.2, -0.15) is 0 Å². The summed E-state index contributed by atoms with van der Waals surface area (Å²) >= 11 is 6.01. The molecule has 1 atom stereocenters. The molecule has 0 spiro atoms. The van der Waals surface area contributed by atoms with Crippen LogP contribution in [0.25, 0.3) is 11.0 Å². The summed E-state index contributed by atoms with van der Waals surface area (Å²) in [4.78, 5) is 24.5. The number of aromatic hydroxyl groups is 1. The third-order valence-corrected chi connectivity index (χ3v) is 4.46. The monoisotopic (exact) mass is 372 g/mol. The Labute approximate surface area is 154 Å². The Morgan fingerprint density at radius 3 is 2.69 bits per heavy atom. The molecule has 0 saturated heterocycles. The number of hydrogen-bond acceptors (Lipinski definition) is 5. The first-order valence-corrected chi connectivity index (χ1v) is 8.37. The van der Waals surface area contributed by atoms with Gasteiger partial charge >= 0.3 is 5.63 Å². The number of rotatable bonds is 5. The van der Waals surface area contributed by atoms with Crippen molar-refractivity contribution in [3.8, 4) is 11.5 Å². The van der Waals surface area contributed by atoms with Gasteiger partial charge in [0.2, 0.25) is 0 Å². The topological polar surface area (TPSA) is 76.7 Å². The predicted octanol–water partition coefficient (Wildman–Crippen LogP) is 4.27. The highest BCUT2D eigenvalue weighted by Crippen LogP contribution is 2.39. The van der Waals surface area contributed by atoms with Gasteiger partial charge in [0.25, 0.3) is 0 Å². The molecule has 134 valence electrons. The van der Waals surface area contributed by atoms with Crippen LogP contribution in [0.1, 0.15) is 30.4 Å². The molecule has 0 amide bonds. The van der Waals surface area contributed by atoms with E-state index in [0.29, 0.717) is 21.7 Å². The standard InChI is InChI=1S/C20H17ClO5/c1-11(22)9-14(13-5-3-4-6-16(13)25-2)18-19(23)15-10-12(21)7-8-17(15)26-20(18)24/h3-8,10,14,23H,9H2,1-2H3/t14-/m0/s1. The first-order valence-electron chi connectivity index (χ1n) is 8.00. The highest BCUT2D eigenvalue weighted by molar-refractivity contribution is 6.31. The minimum atomic E-state index is -0.705. The maximum atomic E-state index is 12.6. The summed E-state index contributed by atoms with van der Waals surface area (Å²) < 4.78 is 10.7. The number of ether oxygens (including phenoxy) is 1. The molecule has 6 heteroatoms. The van der Waals surface area contributed by atoms with Crippen molar-refractivity contribution in [1.82, 2.24) is 0 Å². The van der Waals surface area contributed by atoms with Gasteiger partial charge in [0.05, 0.1) is 18.1 Å². The summed E-state index contributed by atoms with van der Waals surface area (Å²) in [6.45, 7) is 1.43. The summed E-state index contributed by atoms with van der Waals surface area (Å²) in [5.41, 5.74) is 0.158. The zero-order valence-electron chi connectivity index (χ0n) is 14.3. The van der Waals surface area contributed by atoms with E-state index in [1.54, 1.807) is 30.3 Å². The molecule has 1 heterocycles. The summed E-state index contributed by atoms with van der Waals surface area (Å²) in [5, 5.41) is 11.5. The summed E-state index contributed by atoms with van der Waals surface area (Å²) in [7, 11) is 1.51. The molecule has 0 saturated carbocycles. The van der Waals surface area contributed by atoms with E-state index in [2.05, 4.69) is 0 Å². The number of ketones is 1. The summed E-state index contributed by atoms with van der Waals surface area (Å²) in [6, 6.07) is 11.7. The lowest BCUT2D eigenvalue weighted by Crippen LogP contribution is -2.17. The van der Waals surface area contributed by atoms with E-state index in [1.807, 2.05) is 0 Å². The van der Waals surface area contributed by atoms with Crippen LogP contribution in [0.4, 0.5) is 0 Å². The van der Waals surface area contributed by atoms with Crippen molar-refractivity contribution >= 4 is 28.4 Å². The molecular weight excluding hydrogens is 356 g/mol. The second kappa shape index (κ2) is 7.22. The Hall–Kier alpha value is -2.79. The quantitative estimate of drug-likeness (QED) is 0.677. The third kappa shape index (κ3) is 3.30. The number of benzene rings is 2. The zero-order chi connectivity index (χ0) is 18.8. The third-order valence-electron chi connectivity index (χ3n) is 4.23. The molecule has 0 aliphatic rings. The van der Waals surface area contributed by atoms with Crippen molar-refractivity contribution in [2.24, 2.45) is 0 Å². The average molecular weight is 373 g/mol. The Morgan fingerprint density at radius 2 is 2.00 bits per heavy atom. The van der Waals surface area contributed by atoms with Crippen molar-refractivity contribution in [2.45, 2.75) is 19.3 Å². The van der Waals surface area contributed by atoms with Gasteiger partial charge in [0.15, 0.2) is 0 Å². The normalized spacial score (nSPS) is 12.1. The molecule has 0 aliphatic heterocycles. The number of carbonyl (C=O) groups excluding carboxylic acids is 1. The van der Waals surface area contributed by atoms with Gasteiger partial charge in [0.1, 0.15) is 22.9 Å². The van der Waals surface area contributed by atoms with Gasteiger partial charge in [0, 0.05) is 22.9 Å². The molecule has 1 aromatic heterocycles. The number of methoxy groups -OCH3 is 1. The Kier molecular flexibility index (Phi) is 5.00. The molecule has 3 aromatic rings. The number of fused-ring (bicyclic) bond motifs is 1. The summed E-state index contributed by atoms with van der Waals surface area (Å²) in [6.07, 6.45) is 0.0186. The number of halogens is 1. The Morgan fingerprint density at radius 1 is 1.27 bits per heavy atom. The van der Waals surface area contributed by atoms with Crippen molar-refractivity contribution in [2.75, 3.05) is 7.11 Å². The largest absolute Gasteiger partial charge is 0.507 e. The highest BCUT2D eigenvalue weighted by Gasteiger charge is 2.28. The fourth-order valence-corrected chi connectivity index (χ4v) is 3.26. The van der Waals surface area contributed by atoms with E-state index >= 15 is 0 Å². The number of hydrogen-bond donors (Lipinski definition) is 1. The van der Waals surface area contributed by atoms with E-state index in [-0.39, 0.29) is 29.1 Å². The fourth-order valence-electron chi connectivity index (χ4n) is 3.09. The molecule has 0 radical (unpaired) electrons. The lowest BCUT2D eigenvalue weighted by molar-refractivity contribution is -0.117. The van der Waals surface area contributed by atoms with Gasteiger partial charge in [-0.3, -0.25) is 4.79 Å². The molecule has 1 N–H and O–H groups in total. The van der Waals surface area contributed by atoms with Crippen LogP contribution in [0.5, 0.6) is 11.5 Å². The van der Waals surface area contributed by atoms with Crippen molar-refractivity contribution in [1.29, 1.82) is 0 Å².